The highest BCUT2D eigenvalue weighted by molar-refractivity contribution is 6.04. The lowest BCUT2D eigenvalue weighted by molar-refractivity contribution is -0.133. The summed E-state index contributed by atoms with van der Waals surface area (Å²) in [4.78, 5) is 55.7. The Balaban J connectivity index is 1.40. The highest BCUT2D eigenvalue weighted by Crippen LogP contribution is 2.26. The molecule has 0 radical (unpaired) electrons. The minimum atomic E-state index is -0.742. The molecule has 0 N–H and O–H groups in total. The number of cyclic esters (lactones) is 2. The molecular weight excluding hydrogens is 575 g/mol. The van der Waals surface area contributed by atoms with Gasteiger partial charge in [-0.1, -0.05) is 84.9 Å². The molecule has 2 aliphatic heterocycles. The Morgan fingerprint density at radius 1 is 0.778 bits per heavy atom. The van der Waals surface area contributed by atoms with E-state index in [1.807, 2.05) is 60.7 Å². The molecule has 3 aromatic rings. The molecule has 232 valence electrons. The second-order valence-corrected chi connectivity index (χ2v) is 11.2. The number of imide groups is 2. The predicted molar refractivity (Wildman–Crippen MR) is 165 cm³/mol. The molecule has 3 atom stereocenters. The van der Waals surface area contributed by atoms with Crippen LogP contribution in [-0.4, -0.2) is 59.1 Å². The van der Waals surface area contributed by atoms with Gasteiger partial charge in [0.2, 0.25) is 5.91 Å². The summed E-state index contributed by atoms with van der Waals surface area (Å²) < 4.78 is 24.2. The zero-order valence-electron chi connectivity index (χ0n) is 24.8. The number of halogens is 1. The van der Waals surface area contributed by atoms with E-state index < -0.39 is 47.8 Å². The number of hydrogen-bond acceptors (Lipinski definition) is 6. The first-order valence-electron chi connectivity index (χ1n) is 15.0. The topological polar surface area (TPSA) is 93.2 Å². The SMILES string of the molecule is C=CC[C@@H](C/C=C(\Cc1ccc(F)cc1)C(=O)N1C(=O)OC[C@@H]1Cc1ccccc1)C(=O)N1C(=O)OC[C@@H]1Cc1ccccc1. The Morgan fingerprint density at radius 2 is 1.31 bits per heavy atom. The average Bonchev–Trinajstić information content (AvgIpc) is 3.60. The maximum Gasteiger partial charge on any atom is 0.417 e. The molecule has 45 heavy (non-hydrogen) atoms. The van der Waals surface area contributed by atoms with Crippen molar-refractivity contribution in [3.05, 3.63) is 132 Å². The first-order chi connectivity index (χ1) is 21.8. The van der Waals surface area contributed by atoms with Crippen LogP contribution in [0.2, 0.25) is 0 Å². The van der Waals surface area contributed by atoms with Crippen LogP contribution in [0.1, 0.15) is 29.5 Å². The lowest BCUT2D eigenvalue weighted by Crippen LogP contribution is -2.43. The van der Waals surface area contributed by atoms with Crippen molar-refractivity contribution >= 4 is 24.0 Å². The number of hydrogen-bond donors (Lipinski definition) is 0. The fourth-order valence-corrected chi connectivity index (χ4v) is 5.70. The Kier molecular flexibility index (Phi) is 10.2. The van der Waals surface area contributed by atoms with Crippen molar-refractivity contribution < 1.29 is 33.0 Å². The van der Waals surface area contributed by atoms with Gasteiger partial charge in [0.25, 0.3) is 5.91 Å². The van der Waals surface area contributed by atoms with Crippen LogP contribution in [0.15, 0.2) is 109 Å². The molecule has 2 fully saturated rings. The maximum atomic E-state index is 14.0. The second-order valence-electron chi connectivity index (χ2n) is 11.2. The van der Waals surface area contributed by atoms with Crippen molar-refractivity contribution in [2.75, 3.05) is 13.2 Å². The third-order valence-corrected chi connectivity index (χ3v) is 8.04. The Bertz CT molecular complexity index is 1560. The summed E-state index contributed by atoms with van der Waals surface area (Å²) >= 11 is 0. The molecule has 0 aromatic heterocycles. The summed E-state index contributed by atoms with van der Waals surface area (Å²) in [7, 11) is 0. The smallest absolute Gasteiger partial charge is 0.417 e. The van der Waals surface area contributed by atoms with Crippen molar-refractivity contribution in [3.8, 4) is 0 Å². The van der Waals surface area contributed by atoms with Gasteiger partial charge in [0.15, 0.2) is 0 Å². The van der Waals surface area contributed by atoms with Crippen LogP contribution in [0.25, 0.3) is 0 Å². The quantitative estimate of drug-likeness (QED) is 0.183. The van der Waals surface area contributed by atoms with Gasteiger partial charge in [0.1, 0.15) is 19.0 Å². The van der Waals surface area contributed by atoms with E-state index in [-0.39, 0.29) is 38.0 Å². The maximum absolute atomic E-state index is 14.0. The van der Waals surface area contributed by atoms with E-state index in [0.717, 1.165) is 16.0 Å². The molecule has 2 aliphatic rings. The standard InChI is InChI=1S/C36H35FN2O6/c1-2-9-28(33(40)38-31(23-44-35(38)42)21-25-10-5-3-6-11-25)16-17-29(20-27-14-18-30(37)19-15-27)34(41)39-32(24-45-36(39)43)22-26-12-7-4-8-13-26/h2-8,10-15,17-19,28,31-32H,1,9,16,20-24H2/b29-17+/t28-,31-,32-/m0/s1. The number of carbonyl (C=O) groups excluding carboxylic acids is 4. The van der Waals surface area contributed by atoms with Crippen LogP contribution in [0.5, 0.6) is 0 Å². The lowest BCUT2D eigenvalue weighted by atomic mass is 9.94. The van der Waals surface area contributed by atoms with E-state index in [0.29, 0.717) is 18.4 Å². The molecule has 3 aromatic carbocycles. The summed E-state index contributed by atoms with van der Waals surface area (Å²) in [5.74, 6) is -2.10. The number of rotatable bonds is 12. The van der Waals surface area contributed by atoms with Gasteiger partial charge in [-0.3, -0.25) is 9.59 Å². The number of carbonyl (C=O) groups is 4. The van der Waals surface area contributed by atoms with Gasteiger partial charge >= 0.3 is 12.2 Å². The highest BCUT2D eigenvalue weighted by Gasteiger charge is 2.41. The third kappa shape index (κ3) is 7.73. The molecule has 8 nitrogen and oxygen atoms in total. The van der Waals surface area contributed by atoms with Crippen LogP contribution in [0.4, 0.5) is 14.0 Å². The molecule has 0 spiro atoms. The average molecular weight is 611 g/mol. The Morgan fingerprint density at radius 3 is 1.87 bits per heavy atom. The van der Waals surface area contributed by atoms with E-state index in [1.54, 1.807) is 24.3 Å². The summed E-state index contributed by atoms with van der Waals surface area (Å²) in [6.07, 6.45) is 3.09. The molecule has 0 saturated carbocycles. The minimum absolute atomic E-state index is 0.0563. The monoisotopic (exact) mass is 610 g/mol. The zero-order valence-corrected chi connectivity index (χ0v) is 24.8. The second kappa shape index (κ2) is 14.6. The summed E-state index contributed by atoms with van der Waals surface area (Å²) in [6, 6.07) is 23.8. The van der Waals surface area contributed by atoms with Crippen LogP contribution in [-0.2, 0) is 38.3 Å². The molecule has 2 heterocycles. The summed E-state index contributed by atoms with van der Waals surface area (Å²) in [5, 5.41) is 0. The third-order valence-electron chi connectivity index (χ3n) is 8.04. The Labute approximate surface area is 261 Å². The fourth-order valence-electron chi connectivity index (χ4n) is 5.70. The number of amides is 4. The molecule has 9 heteroatoms. The van der Waals surface area contributed by atoms with Gasteiger partial charge in [-0.15, -0.1) is 6.58 Å². The highest BCUT2D eigenvalue weighted by atomic mass is 19.1. The largest absolute Gasteiger partial charge is 0.447 e. The predicted octanol–water partition coefficient (Wildman–Crippen LogP) is 6.06. The van der Waals surface area contributed by atoms with E-state index in [1.165, 1.54) is 17.0 Å². The van der Waals surface area contributed by atoms with Crippen LogP contribution < -0.4 is 0 Å². The fraction of sp³-hybridized carbons (Fsp3) is 0.278. The van der Waals surface area contributed by atoms with Crippen molar-refractivity contribution in [2.24, 2.45) is 5.92 Å². The minimum Gasteiger partial charge on any atom is -0.447 e. The molecule has 0 bridgehead atoms. The van der Waals surface area contributed by atoms with Crippen molar-refractivity contribution in [3.63, 3.8) is 0 Å². The number of benzene rings is 3. The number of allylic oxidation sites excluding steroid dienone is 2. The summed E-state index contributed by atoms with van der Waals surface area (Å²) in [5.41, 5.74) is 2.82. The van der Waals surface area contributed by atoms with Gasteiger partial charge < -0.3 is 9.47 Å². The zero-order chi connectivity index (χ0) is 31.8. The first kappa shape index (κ1) is 31.4. The van der Waals surface area contributed by atoms with Crippen molar-refractivity contribution in [2.45, 2.75) is 44.2 Å². The van der Waals surface area contributed by atoms with Crippen molar-refractivity contribution in [1.29, 1.82) is 0 Å². The molecule has 5 rings (SSSR count). The van der Waals surface area contributed by atoms with Crippen LogP contribution in [0, 0.1) is 11.7 Å². The van der Waals surface area contributed by atoms with Gasteiger partial charge in [-0.2, -0.15) is 0 Å². The van der Waals surface area contributed by atoms with Crippen LogP contribution >= 0.6 is 0 Å². The van der Waals surface area contributed by atoms with Crippen molar-refractivity contribution in [1.82, 2.24) is 9.80 Å². The molecular formula is C36H35FN2O6. The van der Waals surface area contributed by atoms with Gasteiger partial charge in [-0.05, 0) is 54.5 Å². The normalized spacial score (nSPS) is 18.8. The van der Waals surface area contributed by atoms with E-state index in [2.05, 4.69) is 6.58 Å². The lowest BCUT2D eigenvalue weighted by Gasteiger charge is -2.25. The molecule has 0 unspecified atom stereocenters. The van der Waals surface area contributed by atoms with Gasteiger partial charge in [0.05, 0.1) is 12.1 Å². The molecule has 2 saturated heterocycles. The molecule has 4 amide bonds. The number of nitrogens with zero attached hydrogens (tertiary/aromatic N) is 2. The Hall–Kier alpha value is -5.05. The van der Waals surface area contributed by atoms with Crippen LogP contribution in [0.3, 0.4) is 0 Å². The first-order valence-corrected chi connectivity index (χ1v) is 15.0. The summed E-state index contributed by atoms with van der Waals surface area (Å²) in [6.45, 7) is 3.94. The van der Waals surface area contributed by atoms with E-state index >= 15 is 0 Å². The van der Waals surface area contributed by atoms with Gasteiger partial charge in [0, 0.05) is 17.9 Å². The number of ether oxygens (including phenoxy) is 2. The van der Waals surface area contributed by atoms with Gasteiger partial charge in [-0.25, -0.2) is 23.8 Å². The van der Waals surface area contributed by atoms with E-state index in [9.17, 15) is 23.6 Å². The van der Waals surface area contributed by atoms with E-state index in [4.69, 9.17) is 9.47 Å². The molecule has 0 aliphatic carbocycles.